The molecule has 0 aromatic heterocycles. The van der Waals surface area contributed by atoms with E-state index in [2.05, 4.69) is 25.7 Å². The van der Waals surface area contributed by atoms with Crippen LogP contribution in [0.25, 0.3) is 0 Å². The van der Waals surface area contributed by atoms with E-state index in [0.717, 1.165) is 19.3 Å². The maximum absolute atomic E-state index is 11.2. The van der Waals surface area contributed by atoms with Crippen LogP contribution in [0.15, 0.2) is 0 Å². The third-order valence-electron chi connectivity index (χ3n) is 3.69. The quantitative estimate of drug-likeness (QED) is 0.534. The van der Waals surface area contributed by atoms with Crippen LogP contribution < -0.4 is 10.9 Å². The first-order chi connectivity index (χ1) is 7.86. The van der Waals surface area contributed by atoms with Gasteiger partial charge < -0.3 is 0 Å². The summed E-state index contributed by atoms with van der Waals surface area (Å²) < 4.78 is 0.495. The van der Waals surface area contributed by atoms with Crippen molar-refractivity contribution in [1.29, 1.82) is 0 Å². The number of aliphatic hydroxyl groups excluding tert-OH is 1. The van der Waals surface area contributed by atoms with E-state index >= 15 is 0 Å². The van der Waals surface area contributed by atoms with Gasteiger partial charge in [-0.2, -0.15) is 0 Å². The van der Waals surface area contributed by atoms with Crippen LogP contribution in [0.4, 0.5) is 0 Å². The predicted molar refractivity (Wildman–Crippen MR) is 72.3 cm³/mol. The van der Waals surface area contributed by atoms with Gasteiger partial charge in [0.05, 0.1) is 0 Å². The monoisotopic (exact) mass is 350 g/mol. The van der Waals surface area contributed by atoms with Gasteiger partial charge in [0.2, 0.25) is 0 Å². The Bertz CT molecular complexity index is 266. The Morgan fingerprint density at radius 2 is 2.00 bits per heavy atom. The van der Waals surface area contributed by atoms with Gasteiger partial charge in [-0.1, -0.05) is 0 Å². The van der Waals surface area contributed by atoms with Crippen LogP contribution >= 0.6 is 0 Å². The second kappa shape index (κ2) is 6.38. The standard InChI is InChI=1S/C9H17N2O2.3CH3.Sn/c1-2-9(13)11-10-7-5-3-4-6-8(7)12;;;;/h6-8,10,12H,2-5H2,1H3,(H,11,13);3*1H3;. The number of carbonyl (C=O) groups excluding carboxylic acids is 1. The minimum absolute atomic E-state index is 0.0152. The predicted octanol–water partition coefficient (Wildman–Crippen LogP) is 1.64. The molecule has 3 atom stereocenters. The molecule has 17 heavy (non-hydrogen) atoms. The number of hydrazine groups is 1. The number of rotatable bonds is 4. The number of aliphatic hydroxyl groups is 1. The number of carbonyl (C=O) groups is 1. The van der Waals surface area contributed by atoms with Crippen molar-refractivity contribution in [3.8, 4) is 0 Å². The maximum atomic E-state index is 11.2. The zero-order chi connectivity index (χ0) is 13.1. The summed E-state index contributed by atoms with van der Waals surface area (Å²) in [5, 5.41) is 10.4. The van der Waals surface area contributed by atoms with Crippen LogP contribution in [0, 0.1) is 0 Å². The summed E-state index contributed by atoms with van der Waals surface area (Å²) >= 11 is -2.06. The third-order valence-corrected chi connectivity index (χ3v) is 11.8. The van der Waals surface area contributed by atoms with Crippen molar-refractivity contribution in [2.45, 2.75) is 63.5 Å². The fourth-order valence-electron chi connectivity index (χ4n) is 2.54. The summed E-state index contributed by atoms with van der Waals surface area (Å²) in [6, 6.07) is 0.0279. The van der Waals surface area contributed by atoms with Gasteiger partial charge in [-0.15, -0.1) is 0 Å². The summed E-state index contributed by atoms with van der Waals surface area (Å²) in [6.45, 7) is 1.82. The van der Waals surface area contributed by atoms with E-state index < -0.39 is 18.4 Å². The molecule has 3 N–H and O–H groups in total. The Balaban J connectivity index is 2.53. The first kappa shape index (κ1) is 15.2. The van der Waals surface area contributed by atoms with E-state index in [1.807, 2.05) is 6.92 Å². The van der Waals surface area contributed by atoms with Gasteiger partial charge in [-0.25, -0.2) is 0 Å². The van der Waals surface area contributed by atoms with Gasteiger partial charge in [-0.05, 0) is 0 Å². The van der Waals surface area contributed by atoms with E-state index in [1.54, 1.807) is 0 Å². The molecule has 0 saturated heterocycles. The van der Waals surface area contributed by atoms with E-state index in [9.17, 15) is 9.90 Å². The third kappa shape index (κ3) is 4.41. The van der Waals surface area contributed by atoms with Crippen LogP contribution in [-0.4, -0.2) is 41.5 Å². The molecule has 1 aliphatic carbocycles. The fraction of sp³-hybridized carbons (Fsp3) is 0.917. The van der Waals surface area contributed by atoms with E-state index in [1.165, 1.54) is 0 Å². The molecule has 3 unspecified atom stereocenters. The molecule has 1 amide bonds. The second-order valence-corrected chi connectivity index (χ2v) is 21.7. The Morgan fingerprint density at radius 1 is 1.35 bits per heavy atom. The molecular formula is C12H26N2O2Sn. The van der Waals surface area contributed by atoms with Gasteiger partial charge >= 0.3 is 109 Å². The SMILES string of the molecule is CCC(=O)NNC1CCC[CH]([Sn]([CH3])([CH3])[CH3])C1O. The van der Waals surface area contributed by atoms with Crippen molar-refractivity contribution in [2.24, 2.45) is 0 Å². The Kier molecular flexibility index (Phi) is 5.72. The van der Waals surface area contributed by atoms with E-state index in [0.29, 0.717) is 10.4 Å². The van der Waals surface area contributed by atoms with Gasteiger partial charge in [0, 0.05) is 0 Å². The zero-order valence-corrected chi connectivity index (χ0v) is 14.3. The normalized spacial score (nSPS) is 30.1. The number of hydrogen-bond acceptors (Lipinski definition) is 3. The van der Waals surface area contributed by atoms with Crippen molar-refractivity contribution in [1.82, 2.24) is 10.9 Å². The number of hydrogen-bond donors (Lipinski definition) is 3. The molecular weight excluding hydrogens is 323 g/mol. The Hall–Kier alpha value is 0.189. The van der Waals surface area contributed by atoms with Crippen LogP contribution in [0.3, 0.4) is 0 Å². The van der Waals surface area contributed by atoms with Crippen LogP contribution in [0.1, 0.15) is 32.6 Å². The van der Waals surface area contributed by atoms with Gasteiger partial charge in [0.1, 0.15) is 0 Å². The zero-order valence-electron chi connectivity index (χ0n) is 11.4. The second-order valence-electron chi connectivity index (χ2n) is 6.05. The van der Waals surface area contributed by atoms with Crippen molar-refractivity contribution >= 4 is 24.3 Å². The van der Waals surface area contributed by atoms with E-state index in [-0.39, 0.29) is 18.1 Å². The topological polar surface area (TPSA) is 61.4 Å². The van der Waals surface area contributed by atoms with Crippen LogP contribution in [0.2, 0.25) is 18.8 Å². The molecule has 1 rings (SSSR count). The number of amides is 1. The Labute approximate surface area is 108 Å². The molecule has 0 bridgehead atoms. The first-order valence-electron chi connectivity index (χ1n) is 6.58. The molecule has 0 radical (unpaired) electrons. The average molecular weight is 349 g/mol. The van der Waals surface area contributed by atoms with Gasteiger partial charge in [-0.3, -0.25) is 0 Å². The molecule has 0 aromatic carbocycles. The van der Waals surface area contributed by atoms with Crippen molar-refractivity contribution in [3.63, 3.8) is 0 Å². The summed E-state index contributed by atoms with van der Waals surface area (Å²) in [6.07, 6.45) is 3.43. The first-order valence-corrected chi connectivity index (χ1v) is 16.8. The molecule has 0 aliphatic heterocycles. The van der Waals surface area contributed by atoms with Gasteiger partial charge in [0.25, 0.3) is 0 Å². The molecule has 1 saturated carbocycles. The summed E-state index contributed by atoms with van der Waals surface area (Å²) in [4.78, 5) is 18.3. The molecule has 100 valence electrons. The van der Waals surface area contributed by atoms with Crippen LogP contribution in [-0.2, 0) is 4.79 Å². The van der Waals surface area contributed by atoms with E-state index in [4.69, 9.17) is 0 Å². The molecule has 4 nitrogen and oxygen atoms in total. The van der Waals surface area contributed by atoms with Crippen molar-refractivity contribution < 1.29 is 9.90 Å². The Morgan fingerprint density at radius 3 is 2.53 bits per heavy atom. The molecule has 0 heterocycles. The fourth-order valence-corrected chi connectivity index (χ4v) is 9.19. The molecule has 5 heteroatoms. The minimum atomic E-state index is -2.06. The summed E-state index contributed by atoms with van der Waals surface area (Å²) in [5.41, 5.74) is 5.69. The molecule has 0 aromatic rings. The summed E-state index contributed by atoms with van der Waals surface area (Å²) in [7, 11) is 0. The average Bonchev–Trinajstić information content (AvgIpc) is 2.25. The van der Waals surface area contributed by atoms with Crippen LogP contribution in [0.5, 0.6) is 0 Å². The van der Waals surface area contributed by atoms with Gasteiger partial charge in [0.15, 0.2) is 0 Å². The number of nitrogens with one attached hydrogen (secondary N) is 2. The summed E-state index contributed by atoms with van der Waals surface area (Å²) in [5.74, 6) is -0.0152. The molecule has 0 spiro atoms. The van der Waals surface area contributed by atoms with Crippen molar-refractivity contribution in [3.05, 3.63) is 0 Å². The molecule has 1 aliphatic rings. The molecule has 1 fully saturated rings. The van der Waals surface area contributed by atoms with Crippen molar-refractivity contribution in [2.75, 3.05) is 0 Å².